The molecule has 0 atom stereocenters. The number of benzene rings is 2. The summed E-state index contributed by atoms with van der Waals surface area (Å²) in [4.78, 5) is 0. The molecule has 0 aliphatic carbocycles. The van der Waals surface area contributed by atoms with Crippen LogP contribution in [0.25, 0.3) is 51.1 Å². The number of hydrogen-bond acceptors (Lipinski definition) is 4. The number of fused-ring (bicyclic) bond motifs is 11. The molecule has 0 aliphatic rings. The van der Waals surface area contributed by atoms with E-state index in [0.717, 1.165) is 0 Å². The monoisotopic (exact) mass is 664 g/mol. The van der Waals surface area contributed by atoms with E-state index in [1.807, 2.05) is 22.7 Å². The zero-order valence-corrected chi connectivity index (χ0v) is 32.8. The molecule has 0 fully saturated rings. The van der Waals surface area contributed by atoms with Gasteiger partial charge in [-0.3, -0.25) is 0 Å². The summed E-state index contributed by atoms with van der Waals surface area (Å²) in [7, 11) is -3.60. The fourth-order valence-electron chi connectivity index (χ4n) is 9.78. The van der Waals surface area contributed by atoms with Gasteiger partial charge in [-0.05, 0) is 77.3 Å². The minimum absolute atomic E-state index is 0.707. The molecule has 0 bridgehead atoms. The van der Waals surface area contributed by atoms with Crippen molar-refractivity contribution in [2.24, 2.45) is 0 Å². The lowest BCUT2D eigenvalue weighted by atomic mass is 10.0. The predicted molar refractivity (Wildman–Crippen MR) is 207 cm³/mol. The van der Waals surface area contributed by atoms with Crippen molar-refractivity contribution in [1.29, 1.82) is 0 Å². The molecule has 4 aromatic heterocycles. The first-order valence-corrected chi connectivity index (χ1v) is 23.9. The van der Waals surface area contributed by atoms with Gasteiger partial charge >= 0.3 is 0 Å². The molecular formula is C36H48S4Si2. The van der Waals surface area contributed by atoms with Gasteiger partial charge in [0.15, 0.2) is 0 Å². The molecule has 6 aromatic rings. The first-order chi connectivity index (χ1) is 19.8. The Labute approximate surface area is 271 Å². The lowest BCUT2D eigenvalue weighted by Crippen LogP contribution is -2.54. The summed E-state index contributed by atoms with van der Waals surface area (Å²) < 4.78 is 9.58. The molecule has 0 radical (unpaired) electrons. The van der Waals surface area contributed by atoms with Crippen LogP contribution in [0.5, 0.6) is 0 Å². The van der Waals surface area contributed by atoms with Crippen LogP contribution < -0.4 is 9.00 Å². The van der Waals surface area contributed by atoms with Crippen molar-refractivity contribution in [3.05, 3.63) is 35.0 Å². The van der Waals surface area contributed by atoms with Crippen LogP contribution in [0.3, 0.4) is 0 Å². The van der Waals surface area contributed by atoms with Gasteiger partial charge in [-0.25, -0.2) is 0 Å². The summed E-state index contributed by atoms with van der Waals surface area (Å²) >= 11 is 8.29. The molecule has 0 spiro atoms. The fourth-order valence-corrected chi connectivity index (χ4v) is 32.3. The van der Waals surface area contributed by atoms with Crippen LogP contribution in [0, 0.1) is 0 Å². The number of rotatable bonds is 8. The summed E-state index contributed by atoms with van der Waals surface area (Å²) in [6.07, 6.45) is 0. The van der Waals surface area contributed by atoms with E-state index in [-0.39, 0.29) is 0 Å². The van der Waals surface area contributed by atoms with Gasteiger partial charge in [0.05, 0.1) is 0 Å². The van der Waals surface area contributed by atoms with Gasteiger partial charge in [0, 0.05) is 51.1 Å². The second-order valence-corrected chi connectivity index (χ2v) is 31.0. The molecule has 0 saturated carbocycles. The number of thiophene rings is 4. The quantitative estimate of drug-likeness (QED) is 0.142. The van der Waals surface area contributed by atoms with E-state index in [2.05, 4.69) is 141 Å². The molecule has 0 amide bonds. The second kappa shape index (κ2) is 10.8. The van der Waals surface area contributed by atoms with Crippen LogP contribution in [0.1, 0.15) is 83.1 Å². The van der Waals surface area contributed by atoms with Crippen LogP contribution in [-0.4, -0.2) is 16.1 Å². The molecule has 6 heteroatoms. The summed E-state index contributed by atoms with van der Waals surface area (Å²) in [5.41, 5.74) is 4.24. The maximum absolute atomic E-state index is 2.73. The van der Waals surface area contributed by atoms with Gasteiger partial charge in [0.1, 0.15) is 16.1 Å². The van der Waals surface area contributed by atoms with Crippen molar-refractivity contribution in [1.82, 2.24) is 0 Å². The van der Waals surface area contributed by atoms with E-state index < -0.39 is 16.1 Å². The Morgan fingerprint density at radius 2 is 0.738 bits per heavy atom. The SMILES string of the molecule is CC(C)[Si](c1cc2c3cc([Si](C(C)C)(C(C)C)C(C)C)sc3c3c4sccc4c4ccsc4c3c2s1)(C(C)C)C(C)C. The minimum atomic E-state index is -1.80. The topological polar surface area (TPSA) is 0 Å². The van der Waals surface area contributed by atoms with Crippen LogP contribution in [0.15, 0.2) is 35.0 Å². The third-order valence-corrected chi connectivity index (χ3v) is 31.1. The summed E-state index contributed by atoms with van der Waals surface area (Å²) in [6, 6.07) is 10.2. The van der Waals surface area contributed by atoms with E-state index in [1.165, 1.54) is 20.2 Å². The third-order valence-electron chi connectivity index (χ3n) is 11.1. The van der Waals surface area contributed by atoms with Crippen molar-refractivity contribution < 1.29 is 0 Å². The number of hydrogen-bond donors (Lipinski definition) is 0. The molecule has 4 heterocycles. The molecule has 0 nitrogen and oxygen atoms in total. The smallest absolute Gasteiger partial charge is 0.107 e. The molecule has 0 saturated heterocycles. The molecule has 0 unspecified atom stereocenters. The normalized spacial score (nSPS) is 14.0. The van der Waals surface area contributed by atoms with Crippen LogP contribution >= 0.6 is 45.3 Å². The molecule has 6 rings (SSSR count). The van der Waals surface area contributed by atoms with Gasteiger partial charge < -0.3 is 0 Å². The van der Waals surface area contributed by atoms with Crippen molar-refractivity contribution in [2.75, 3.05) is 0 Å². The Morgan fingerprint density at radius 1 is 0.429 bits per heavy atom. The minimum Gasteiger partial charge on any atom is -0.144 e. The van der Waals surface area contributed by atoms with Crippen LogP contribution in [0.4, 0.5) is 0 Å². The first kappa shape index (κ1) is 31.0. The Bertz CT molecular complexity index is 1740. The molecule has 0 aliphatic heterocycles. The fraction of sp³-hybridized carbons (Fsp3) is 0.500. The predicted octanol–water partition coefficient (Wildman–Crippen LogP) is 13.5. The largest absolute Gasteiger partial charge is 0.144 e. The Hall–Kier alpha value is -1.03. The maximum atomic E-state index is 2.73. The average Bonchev–Trinajstić information content (AvgIpc) is 3.66. The highest BCUT2D eigenvalue weighted by atomic mass is 32.1. The van der Waals surface area contributed by atoms with Gasteiger partial charge in [0.2, 0.25) is 0 Å². The van der Waals surface area contributed by atoms with Crippen LogP contribution in [0.2, 0.25) is 33.2 Å². The second-order valence-electron chi connectivity index (χ2n) is 14.6. The first-order valence-electron chi connectivity index (χ1n) is 16.0. The van der Waals surface area contributed by atoms with Crippen molar-refractivity contribution in [3.8, 4) is 0 Å². The Kier molecular flexibility index (Phi) is 7.97. The lowest BCUT2D eigenvalue weighted by Gasteiger charge is -2.42. The van der Waals surface area contributed by atoms with Gasteiger partial charge in [0.25, 0.3) is 0 Å². The van der Waals surface area contributed by atoms with Crippen LogP contribution in [-0.2, 0) is 0 Å². The van der Waals surface area contributed by atoms with E-state index in [1.54, 1.807) is 39.9 Å². The average molecular weight is 665 g/mol. The molecule has 2 aromatic carbocycles. The molecule has 42 heavy (non-hydrogen) atoms. The Balaban J connectivity index is 1.88. The zero-order chi connectivity index (χ0) is 30.5. The maximum Gasteiger partial charge on any atom is 0.107 e. The molecule has 224 valence electrons. The standard InChI is InChI=1S/C36H48S4Si2/c1-19(2)41(20(3)4,21(5)6)29-17-27-28-18-30(42(22(7)8,23(9)10)24(11)12)40-36(28)32-31(35(27)39-29)33-25(13-15-37-33)26-14-16-38-34(26)32/h13-24H,1-12H3. The summed E-state index contributed by atoms with van der Waals surface area (Å²) in [6.45, 7) is 30.3. The van der Waals surface area contributed by atoms with E-state index in [0.29, 0.717) is 33.2 Å². The van der Waals surface area contributed by atoms with Crippen molar-refractivity contribution in [2.45, 2.75) is 116 Å². The van der Waals surface area contributed by atoms with Gasteiger partial charge in [-0.1, -0.05) is 83.1 Å². The van der Waals surface area contributed by atoms with Crippen molar-refractivity contribution >= 4 is 122 Å². The highest BCUT2D eigenvalue weighted by molar-refractivity contribution is 7.36. The lowest BCUT2D eigenvalue weighted by molar-refractivity contribution is 0.837. The third kappa shape index (κ3) is 3.97. The summed E-state index contributed by atoms with van der Waals surface area (Å²) in [5, 5.41) is 13.7. The van der Waals surface area contributed by atoms with E-state index >= 15 is 0 Å². The van der Waals surface area contributed by atoms with Crippen molar-refractivity contribution in [3.63, 3.8) is 0 Å². The van der Waals surface area contributed by atoms with Gasteiger partial charge in [-0.2, -0.15) is 0 Å². The molecule has 0 N–H and O–H groups in total. The zero-order valence-electron chi connectivity index (χ0n) is 27.6. The van der Waals surface area contributed by atoms with E-state index in [9.17, 15) is 0 Å². The highest BCUT2D eigenvalue weighted by Crippen LogP contribution is 2.52. The van der Waals surface area contributed by atoms with E-state index in [4.69, 9.17) is 0 Å². The van der Waals surface area contributed by atoms with Gasteiger partial charge in [-0.15, -0.1) is 45.3 Å². The summed E-state index contributed by atoms with van der Waals surface area (Å²) in [5.74, 6) is 0. The Morgan fingerprint density at radius 3 is 1.02 bits per heavy atom. The molecular weight excluding hydrogens is 617 g/mol. The highest BCUT2D eigenvalue weighted by Gasteiger charge is 2.47.